The Hall–Kier alpha value is -0.430. The number of rotatable bonds is 2. The highest BCUT2D eigenvalue weighted by atomic mass is 19.4. The number of hydrogen-bond donors (Lipinski definition) is 0. The summed E-state index contributed by atoms with van der Waals surface area (Å²) in [6, 6.07) is 0. The van der Waals surface area contributed by atoms with Crippen molar-refractivity contribution < 1.29 is 31.8 Å². The van der Waals surface area contributed by atoms with E-state index in [1.54, 1.807) is 0 Å². The molecule has 0 aliphatic heterocycles. The van der Waals surface area contributed by atoms with Crippen LogP contribution in [0.4, 0.5) is 22.1 Å². The second-order valence-corrected chi connectivity index (χ2v) is 0.927. The fourth-order valence-corrected chi connectivity index (χ4v) is 0.123. The molecule has 9 heavy (non-hydrogen) atoms. The van der Waals surface area contributed by atoms with Crippen molar-refractivity contribution in [3.63, 3.8) is 0 Å². The molecule has 0 saturated heterocycles. The molecule has 0 aromatic rings. The van der Waals surface area contributed by atoms with Gasteiger partial charge in [0.25, 0.3) is 0 Å². The molecule has 7 heteroatoms. The third-order valence-electron chi connectivity index (χ3n) is 0.296. The van der Waals surface area contributed by atoms with Crippen molar-refractivity contribution in [1.29, 1.82) is 0 Å². The Labute approximate surface area is 46.1 Å². The van der Waals surface area contributed by atoms with Gasteiger partial charge >= 0.3 is 12.9 Å². The molecule has 0 saturated carbocycles. The molecule has 0 heterocycles. The molecule has 0 radical (unpaired) electrons. The predicted octanol–water partition coefficient (Wildman–Crippen LogP) is 1.68. The van der Waals surface area contributed by atoms with Crippen molar-refractivity contribution in [2.24, 2.45) is 0 Å². The van der Waals surface area contributed by atoms with E-state index in [1.165, 1.54) is 0 Å². The molecule has 0 spiro atoms. The van der Waals surface area contributed by atoms with E-state index in [0.29, 0.717) is 0 Å². The number of halogens is 5. The van der Waals surface area contributed by atoms with Crippen LogP contribution in [0.15, 0.2) is 0 Å². The van der Waals surface area contributed by atoms with E-state index in [9.17, 15) is 22.1 Å². The Morgan fingerprint density at radius 3 is 1.78 bits per heavy atom. The normalized spacial score (nSPS) is 15.7. The third kappa shape index (κ3) is 5.44. The fourth-order valence-electron chi connectivity index (χ4n) is 0.123. The molecule has 1 atom stereocenters. The number of hydrogen-bond acceptors (Lipinski definition) is 2. The van der Waals surface area contributed by atoms with Crippen LogP contribution < -0.4 is 0 Å². The first kappa shape index (κ1) is 8.57. The van der Waals surface area contributed by atoms with Crippen LogP contribution in [0.25, 0.3) is 0 Å². The SMILES string of the molecule is FOC(F)OC(F)(F)F. The van der Waals surface area contributed by atoms with Crippen LogP contribution in [-0.4, -0.2) is 12.9 Å². The van der Waals surface area contributed by atoms with E-state index < -0.39 is 12.9 Å². The van der Waals surface area contributed by atoms with E-state index >= 15 is 0 Å². The molecule has 56 valence electrons. The Balaban J connectivity index is 3.47. The van der Waals surface area contributed by atoms with E-state index in [0.717, 1.165) is 0 Å². The van der Waals surface area contributed by atoms with Gasteiger partial charge in [0.1, 0.15) is 0 Å². The predicted molar refractivity (Wildman–Crippen MR) is 14.2 cm³/mol. The zero-order valence-corrected chi connectivity index (χ0v) is 3.78. The topological polar surface area (TPSA) is 18.5 Å². The fraction of sp³-hybridized carbons (Fsp3) is 1.00. The lowest BCUT2D eigenvalue weighted by Crippen LogP contribution is -2.20. The minimum absolute atomic E-state index is 2.02. The van der Waals surface area contributed by atoms with Crippen molar-refractivity contribution in [2.45, 2.75) is 12.9 Å². The van der Waals surface area contributed by atoms with Gasteiger partial charge in [-0.25, -0.2) is 4.74 Å². The minimum Gasteiger partial charge on any atom is -0.230 e. The third-order valence-corrected chi connectivity index (χ3v) is 0.296. The van der Waals surface area contributed by atoms with Crippen LogP contribution in [0.1, 0.15) is 0 Å². The Bertz CT molecular complexity index is 79.5. The van der Waals surface area contributed by atoms with Crippen molar-refractivity contribution in [1.82, 2.24) is 0 Å². The maximum absolute atomic E-state index is 11.1. The number of alkyl halides is 4. The Morgan fingerprint density at radius 1 is 1.22 bits per heavy atom. The van der Waals surface area contributed by atoms with Crippen LogP contribution in [-0.2, 0) is 9.68 Å². The molecule has 0 bridgehead atoms. The molecule has 0 aliphatic rings. The summed E-state index contributed by atoms with van der Waals surface area (Å²) in [7, 11) is 0. The van der Waals surface area contributed by atoms with Crippen molar-refractivity contribution >= 4 is 0 Å². The Morgan fingerprint density at radius 2 is 1.67 bits per heavy atom. The average Bonchev–Trinajstić information content (AvgIpc) is 1.62. The zero-order valence-electron chi connectivity index (χ0n) is 3.78. The van der Waals surface area contributed by atoms with Crippen LogP contribution in [0.3, 0.4) is 0 Å². The zero-order chi connectivity index (χ0) is 7.49. The highest BCUT2D eigenvalue weighted by molar-refractivity contribution is 4.22. The molecule has 1 unspecified atom stereocenters. The lowest BCUT2D eigenvalue weighted by molar-refractivity contribution is -0.440. The van der Waals surface area contributed by atoms with Gasteiger partial charge in [-0.1, -0.05) is 0 Å². The summed E-state index contributed by atoms with van der Waals surface area (Å²) < 4.78 is 56.2. The molecule has 0 fully saturated rings. The van der Waals surface area contributed by atoms with E-state index in [1.807, 2.05) is 4.94 Å². The highest BCUT2D eigenvalue weighted by Gasteiger charge is 2.34. The van der Waals surface area contributed by atoms with Crippen LogP contribution >= 0.6 is 0 Å². The first-order valence-corrected chi connectivity index (χ1v) is 1.61. The summed E-state index contributed by atoms with van der Waals surface area (Å²) in [5, 5.41) is 0. The van der Waals surface area contributed by atoms with Crippen molar-refractivity contribution in [3.05, 3.63) is 0 Å². The largest absolute Gasteiger partial charge is 0.526 e. The molecule has 2 nitrogen and oxygen atoms in total. The van der Waals surface area contributed by atoms with E-state index in [-0.39, 0.29) is 0 Å². The summed E-state index contributed by atoms with van der Waals surface area (Å²) in [5.74, 6) is 0. The molecule has 0 rings (SSSR count). The molecule has 0 N–H and O–H groups in total. The molecular weight excluding hydrogens is 151 g/mol. The van der Waals surface area contributed by atoms with Gasteiger partial charge in [-0.3, -0.25) is 0 Å². The summed E-state index contributed by atoms with van der Waals surface area (Å²) in [5.41, 5.74) is 0. The molecule has 0 aliphatic carbocycles. The lowest BCUT2D eigenvalue weighted by atomic mass is 11.2. The van der Waals surface area contributed by atoms with Gasteiger partial charge in [0.2, 0.25) is 0 Å². The monoisotopic (exact) mass is 152 g/mol. The van der Waals surface area contributed by atoms with Crippen LogP contribution in [0.2, 0.25) is 0 Å². The van der Waals surface area contributed by atoms with Gasteiger partial charge in [-0.2, -0.15) is 4.39 Å². The average molecular weight is 152 g/mol. The summed E-state index contributed by atoms with van der Waals surface area (Å²) in [6.07, 6.45) is -5.22. The van der Waals surface area contributed by atoms with Gasteiger partial charge in [0.05, 0.1) is 0 Å². The minimum atomic E-state index is -5.22. The first-order chi connectivity index (χ1) is 3.95. The van der Waals surface area contributed by atoms with Gasteiger partial charge in [-0.05, 0) is 4.53 Å². The lowest BCUT2D eigenvalue weighted by Gasteiger charge is -2.06. The Kier molecular flexibility index (Phi) is 2.78. The van der Waals surface area contributed by atoms with Gasteiger partial charge in [0.15, 0.2) is 0 Å². The standard InChI is InChI=1S/C2HF5O2/c3-1(9-7)8-2(4,5)6/h1H. The van der Waals surface area contributed by atoms with Crippen molar-refractivity contribution in [2.75, 3.05) is 0 Å². The second-order valence-electron chi connectivity index (χ2n) is 0.927. The van der Waals surface area contributed by atoms with Gasteiger partial charge in [0, 0.05) is 0 Å². The molecular formula is C2HF5O2. The van der Waals surface area contributed by atoms with Crippen LogP contribution in [0, 0.1) is 0 Å². The maximum Gasteiger partial charge on any atom is 0.526 e. The van der Waals surface area contributed by atoms with Crippen LogP contribution in [0.5, 0.6) is 0 Å². The van der Waals surface area contributed by atoms with Gasteiger partial charge < -0.3 is 0 Å². The first-order valence-electron chi connectivity index (χ1n) is 1.61. The highest BCUT2D eigenvalue weighted by Crippen LogP contribution is 2.19. The van der Waals surface area contributed by atoms with Gasteiger partial charge in [-0.15, -0.1) is 18.1 Å². The maximum atomic E-state index is 11.1. The smallest absolute Gasteiger partial charge is 0.230 e. The number of ether oxygens (including phenoxy) is 1. The van der Waals surface area contributed by atoms with E-state index in [4.69, 9.17) is 0 Å². The molecule has 0 aromatic carbocycles. The second kappa shape index (κ2) is 2.92. The quantitative estimate of drug-likeness (QED) is 0.442. The summed E-state index contributed by atoms with van der Waals surface area (Å²) >= 11 is 0. The van der Waals surface area contributed by atoms with E-state index in [2.05, 4.69) is 4.74 Å². The molecule has 0 aromatic heterocycles. The van der Waals surface area contributed by atoms with Crippen molar-refractivity contribution in [3.8, 4) is 0 Å². The summed E-state index contributed by atoms with van der Waals surface area (Å²) in [6.45, 7) is -3.40. The summed E-state index contributed by atoms with van der Waals surface area (Å²) in [4.78, 5) is 2.02. The molecule has 0 amide bonds.